The average Bonchev–Trinajstić information content (AvgIpc) is 3.33. The summed E-state index contributed by atoms with van der Waals surface area (Å²) in [7, 11) is 3.24. The van der Waals surface area contributed by atoms with Crippen molar-refractivity contribution in [3.05, 3.63) is 59.4 Å². The molecule has 0 radical (unpaired) electrons. The van der Waals surface area contributed by atoms with Crippen molar-refractivity contribution in [2.75, 3.05) is 33.9 Å². The van der Waals surface area contributed by atoms with Crippen LogP contribution in [-0.2, 0) is 4.79 Å². The number of hydrogen-bond donors (Lipinski definition) is 0. The van der Waals surface area contributed by atoms with Crippen LogP contribution in [0.15, 0.2) is 42.5 Å². The summed E-state index contributed by atoms with van der Waals surface area (Å²) in [4.78, 5) is 30.1. The second kappa shape index (κ2) is 9.59. The highest BCUT2D eigenvalue weighted by Crippen LogP contribution is 2.40. The Morgan fingerprint density at radius 2 is 1.72 bits per heavy atom. The maximum Gasteiger partial charge on any atom is 0.253 e. The summed E-state index contributed by atoms with van der Waals surface area (Å²) in [5, 5.41) is 0. The first kappa shape index (κ1) is 22.1. The number of ether oxygens (including phenoxy) is 2. The highest BCUT2D eigenvalue weighted by Gasteiger charge is 2.37. The van der Waals surface area contributed by atoms with Gasteiger partial charge in [-0.1, -0.05) is 0 Å². The number of piperidine rings is 1. The van der Waals surface area contributed by atoms with Crippen LogP contribution in [-0.4, -0.2) is 55.5 Å². The smallest absolute Gasteiger partial charge is 0.253 e. The molecule has 2 saturated heterocycles. The van der Waals surface area contributed by atoms with Crippen molar-refractivity contribution >= 4 is 11.8 Å². The molecule has 0 spiro atoms. The third-order valence-electron chi connectivity index (χ3n) is 6.48. The lowest BCUT2D eigenvalue weighted by atomic mass is 9.94. The number of carbonyl (C=O) groups is 2. The SMILES string of the molecule is COc1ccc([C@H]2CCCN2C(=O)[C@H]2CCCN(C(=O)c3ccc(F)cc3)C2)c(OC)c1. The molecule has 2 aromatic rings. The van der Waals surface area contributed by atoms with Gasteiger partial charge in [0.05, 0.1) is 26.2 Å². The molecule has 2 aliphatic rings. The van der Waals surface area contributed by atoms with Gasteiger partial charge in [-0.3, -0.25) is 9.59 Å². The Morgan fingerprint density at radius 1 is 0.969 bits per heavy atom. The molecule has 4 rings (SSSR count). The fourth-order valence-corrected chi connectivity index (χ4v) is 4.82. The summed E-state index contributed by atoms with van der Waals surface area (Å²) in [6.45, 7) is 1.69. The summed E-state index contributed by atoms with van der Waals surface area (Å²) >= 11 is 0. The van der Waals surface area contributed by atoms with E-state index >= 15 is 0 Å². The maximum absolute atomic E-state index is 13.5. The lowest BCUT2D eigenvalue weighted by Crippen LogP contribution is -2.46. The molecule has 2 atom stereocenters. The van der Waals surface area contributed by atoms with E-state index in [9.17, 15) is 14.0 Å². The molecule has 0 aliphatic carbocycles. The summed E-state index contributed by atoms with van der Waals surface area (Å²) in [6, 6.07) is 11.2. The van der Waals surface area contributed by atoms with Crippen molar-refractivity contribution in [2.24, 2.45) is 5.92 Å². The van der Waals surface area contributed by atoms with Crippen LogP contribution in [0, 0.1) is 11.7 Å². The molecule has 6 nitrogen and oxygen atoms in total. The fourth-order valence-electron chi connectivity index (χ4n) is 4.82. The molecule has 2 aliphatic heterocycles. The molecule has 170 valence electrons. The van der Waals surface area contributed by atoms with E-state index in [1.807, 2.05) is 23.1 Å². The van der Waals surface area contributed by atoms with Crippen molar-refractivity contribution in [1.29, 1.82) is 0 Å². The highest BCUT2D eigenvalue weighted by molar-refractivity contribution is 5.94. The predicted octanol–water partition coefficient (Wildman–Crippen LogP) is 4.06. The van der Waals surface area contributed by atoms with Gasteiger partial charge in [0.25, 0.3) is 5.91 Å². The molecule has 2 heterocycles. The largest absolute Gasteiger partial charge is 0.497 e. The van der Waals surface area contributed by atoms with Crippen molar-refractivity contribution in [1.82, 2.24) is 9.80 Å². The van der Waals surface area contributed by atoms with Crippen LogP contribution in [0.25, 0.3) is 0 Å². The molecular formula is C25H29FN2O4. The Bertz CT molecular complexity index is 978. The second-order valence-electron chi connectivity index (χ2n) is 8.39. The number of likely N-dealkylation sites (tertiary alicyclic amines) is 2. The van der Waals surface area contributed by atoms with Gasteiger partial charge in [0.2, 0.25) is 5.91 Å². The normalized spacial score (nSPS) is 20.8. The van der Waals surface area contributed by atoms with Crippen molar-refractivity contribution in [3.63, 3.8) is 0 Å². The molecule has 0 unspecified atom stereocenters. The third-order valence-corrected chi connectivity index (χ3v) is 6.48. The Hall–Kier alpha value is -3.09. The van der Waals surface area contributed by atoms with E-state index in [0.717, 1.165) is 31.2 Å². The van der Waals surface area contributed by atoms with Gasteiger partial charge >= 0.3 is 0 Å². The predicted molar refractivity (Wildman–Crippen MR) is 118 cm³/mol. The standard InChI is InChI=1S/C25H29FN2O4/c1-31-20-11-12-21(23(15-20)32-2)22-6-4-14-28(22)25(30)18-5-3-13-27(16-18)24(29)17-7-9-19(26)10-8-17/h7-12,15,18,22H,3-6,13-14,16H2,1-2H3/t18-,22+/m0/s1. The van der Waals surface area contributed by atoms with Gasteiger partial charge in [0.15, 0.2) is 0 Å². The summed E-state index contributed by atoms with van der Waals surface area (Å²) in [6.07, 6.45) is 3.33. The van der Waals surface area contributed by atoms with E-state index in [1.165, 1.54) is 24.3 Å². The number of hydrogen-bond acceptors (Lipinski definition) is 4. The van der Waals surface area contributed by atoms with E-state index in [4.69, 9.17) is 9.47 Å². The van der Waals surface area contributed by atoms with Gasteiger partial charge in [-0.25, -0.2) is 4.39 Å². The Morgan fingerprint density at radius 3 is 2.44 bits per heavy atom. The number of nitrogens with zero attached hydrogens (tertiary/aromatic N) is 2. The number of methoxy groups -OCH3 is 2. The van der Waals surface area contributed by atoms with Gasteiger partial charge < -0.3 is 19.3 Å². The van der Waals surface area contributed by atoms with Crippen molar-refractivity contribution < 1.29 is 23.5 Å². The minimum atomic E-state index is -0.373. The zero-order chi connectivity index (χ0) is 22.7. The Kier molecular flexibility index (Phi) is 6.63. The number of rotatable bonds is 5. The van der Waals surface area contributed by atoms with E-state index in [-0.39, 0.29) is 29.6 Å². The van der Waals surface area contributed by atoms with Crippen LogP contribution in [0.2, 0.25) is 0 Å². The first-order valence-electron chi connectivity index (χ1n) is 11.1. The first-order valence-corrected chi connectivity index (χ1v) is 11.1. The molecule has 7 heteroatoms. The quantitative estimate of drug-likeness (QED) is 0.704. The zero-order valence-electron chi connectivity index (χ0n) is 18.6. The Balaban J connectivity index is 1.49. The van der Waals surface area contributed by atoms with Crippen LogP contribution in [0.4, 0.5) is 4.39 Å². The fraction of sp³-hybridized carbons (Fsp3) is 0.440. The Labute approximate surface area is 187 Å². The summed E-state index contributed by atoms with van der Waals surface area (Å²) in [5.41, 5.74) is 1.43. The van der Waals surface area contributed by atoms with E-state index in [2.05, 4.69) is 0 Å². The van der Waals surface area contributed by atoms with Crippen LogP contribution in [0.3, 0.4) is 0 Å². The molecule has 2 aromatic carbocycles. The molecule has 0 bridgehead atoms. The molecule has 0 aromatic heterocycles. The maximum atomic E-state index is 13.5. The van der Waals surface area contributed by atoms with Gasteiger partial charge in [-0.15, -0.1) is 0 Å². The van der Waals surface area contributed by atoms with Gasteiger partial charge in [0, 0.05) is 36.8 Å². The first-order chi connectivity index (χ1) is 15.5. The molecule has 0 N–H and O–H groups in total. The number of benzene rings is 2. The minimum Gasteiger partial charge on any atom is -0.497 e. The third kappa shape index (κ3) is 4.42. The lowest BCUT2D eigenvalue weighted by molar-refractivity contribution is -0.138. The summed E-state index contributed by atoms with van der Waals surface area (Å²) < 4.78 is 24.1. The molecule has 2 amide bonds. The number of amides is 2. The zero-order valence-corrected chi connectivity index (χ0v) is 18.6. The van der Waals surface area contributed by atoms with Gasteiger partial charge in [0.1, 0.15) is 17.3 Å². The van der Waals surface area contributed by atoms with E-state index in [1.54, 1.807) is 19.1 Å². The van der Waals surface area contributed by atoms with Crippen molar-refractivity contribution in [3.8, 4) is 11.5 Å². The molecule has 0 saturated carbocycles. The summed E-state index contributed by atoms with van der Waals surface area (Å²) in [5.74, 6) is 0.744. The average molecular weight is 441 g/mol. The highest BCUT2D eigenvalue weighted by atomic mass is 19.1. The lowest BCUT2D eigenvalue weighted by Gasteiger charge is -2.36. The van der Waals surface area contributed by atoms with E-state index in [0.29, 0.717) is 36.7 Å². The number of halogens is 1. The molecule has 32 heavy (non-hydrogen) atoms. The van der Waals surface area contributed by atoms with Crippen LogP contribution in [0.5, 0.6) is 11.5 Å². The van der Waals surface area contributed by atoms with Crippen LogP contribution in [0.1, 0.15) is 47.6 Å². The van der Waals surface area contributed by atoms with Gasteiger partial charge in [-0.2, -0.15) is 0 Å². The van der Waals surface area contributed by atoms with E-state index < -0.39 is 0 Å². The molecular weight excluding hydrogens is 411 g/mol. The van der Waals surface area contributed by atoms with Gasteiger partial charge in [-0.05, 0) is 62.1 Å². The monoisotopic (exact) mass is 440 g/mol. The second-order valence-corrected chi connectivity index (χ2v) is 8.39. The van der Waals surface area contributed by atoms with Crippen molar-refractivity contribution in [2.45, 2.75) is 31.7 Å². The molecule has 2 fully saturated rings. The van der Waals surface area contributed by atoms with Crippen LogP contribution >= 0.6 is 0 Å². The topological polar surface area (TPSA) is 59.1 Å². The minimum absolute atomic E-state index is 0.0495. The van der Waals surface area contributed by atoms with Crippen LogP contribution < -0.4 is 9.47 Å². The number of carbonyl (C=O) groups excluding carboxylic acids is 2.